The number of hydrogen-bond acceptors (Lipinski definition) is 2. The van der Waals surface area contributed by atoms with Gasteiger partial charge in [-0.05, 0) is 22.0 Å². The fourth-order valence-electron chi connectivity index (χ4n) is 1.77. The summed E-state index contributed by atoms with van der Waals surface area (Å²) >= 11 is 5.63. The van der Waals surface area contributed by atoms with Crippen molar-refractivity contribution in [3.05, 3.63) is 33.6 Å². The minimum atomic E-state index is 0.724. The van der Waals surface area contributed by atoms with Crippen LogP contribution in [0.1, 0.15) is 10.8 Å². The topological polar surface area (TPSA) is 12.0 Å². The fourth-order valence-corrected chi connectivity index (χ4v) is 4.01. The van der Waals surface area contributed by atoms with Crippen molar-refractivity contribution in [2.45, 2.75) is 5.92 Å². The van der Waals surface area contributed by atoms with Gasteiger partial charge in [-0.25, -0.2) is 0 Å². The van der Waals surface area contributed by atoms with Crippen LogP contribution in [0, 0.1) is 0 Å². The van der Waals surface area contributed by atoms with E-state index in [2.05, 4.69) is 45.5 Å². The molecule has 0 spiro atoms. The smallest absolute Gasteiger partial charge is 0.0397 e. The minimum Gasteiger partial charge on any atom is -0.315 e. The fraction of sp³-hybridized carbons (Fsp3) is 0.273. The summed E-state index contributed by atoms with van der Waals surface area (Å²) in [6.45, 7) is 2.26. The van der Waals surface area contributed by atoms with Crippen molar-refractivity contribution in [1.82, 2.24) is 5.32 Å². The van der Waals surface area contributed by atoms with Crippen molar-refractivity contribution in [2.24, 2.45) is 0 Å². The number of hydrogen-bond donors (Lipinski definition) is 1. The van der Waals surface area contributed by atoms with Gasteiger partial charge in [0, 0.05) is 38.4 Å². The SMILES string of the molecule is Brc1c(C2CNC2)sc2ccccc12. The molecule has 0 amide bonds. The van der Waals surface area contributed by atoms with Crippen molar-refractivity contribution in [1.29, 1.82) is 0 Å². The van der Waals surface area contributed by atoms with Crippen molar-refractivity contribution < 1.29 is 0 Å². The number of rotatable bonds is 1. The Morgan fingerprint density at radius 1 is 1.29 bits per heavy atom. The number of halogens is 1. The second-order valence-electron chi connectivity index (χ2n) is 3.63. The molecule has 0 bridgehead atoms. The molecule has 0 saturated carbocycles. The van der Waals surface area contributed by atoms with Crippen LogP contribution < -0.4 is 5.32 Å². The molecule has 1 aromatic heterocycles. The lowest BCUT2D eigenvalue weighted by Gasteiger charge is -2.26. The van der Waals surface area contributed by atoms with E-state index >= 15 is 0 Å². The summed E-state index contributed by atoms with van der Waals surface area (Å²) in [6.07, 6.45) is 0. The molecule has 14 heavy (non-hydrogen) atoms. The van der Waals surface area contributed by atoms with E-state index in [4.69, 9.17) is 0 Å². The minimum absolute atomic E-state index is 0.724. The van der Waals surface area contributed by atoms with Gasteiger partial charge in [-0.1, -0.05) is 18.2 Å². The third-order valence-electron chi connectivity index (χ3n) is 2.71. The van der Waals surface area contributed by atoms with Gasteiger partial charge in [-0.2, -0.15) is 0 Å². The molecular formula is C11H10BrNS. The quantitative estimate of drug-likeness (QED) is 0.836. The molecule has 2 heterocycles. The van der Waals surface area contributed by atoms with Crippen LogP contribution in [-0.4, -0.2) is 13.1 Å². The Hall–Kier alpha value is -0.380. The molecule has 1 aliphatic rings. The normalized spacial score (nSPS) is 17.2. The molecular weight excluding hydrogens is 258 g/mol. The summed E-state index contributed by atoms with van der Waals surface area (Å²) in [5, 5.41) is 4.68. The Labute approximate surface area is 95.3 Å². The molecule has 1 aromatic carbocycles. The number of benzene rings is 1. The van der Waals surface area contributed by atoms with Crippen LogP contribution in [-0.2, 0) is 0 Å². The first-order valence-electron chi connectivity index (χ1n) is 4.74. The maximum absolute atomic E-state index is 3.71. The van der Waals surface area contributed by atoms with E-state index in [0.717, 1.165) is 19.0 Å². The van der Waals surface area contributed by atoms with Gasteiger partial charge in [-0.3, -0.25) is 0 Å². The lowest BCUT2D eigenvalue weighted by atomic mass is 10.0. The van der Waals surface area contributed by atoms with Crippen LogP contribution in [0.5, 0.6) is 0 Å². The van der Waals surface area contributed by atoms with Crippen molar-refractivity contribution in [2.75, 3.05) is 13.1 Å². The zero-order chi connectivity index (χ0) is 9.54. The molecule has 2 aromatic rings. The lowest BCUT2D eigenvalue weighted by Crippen LogP contribution is -2.39. The van der Waals surface area contributed by atoms with Gasteiger partial charge in [0.15, 0.2) is 0 Å². The van der Waals surface area contributed by atoms with Gasteiger partial charge in [-0.15, -0.1) is 11.3 Å². The zero-order valence-electron chi connectivity index (χ0n) is 7.59. The highest BCUT2D eigenvalue weighted by Crippen LogP contribution is 2.40. The van der Waals surface area contributed by atoms with Gasteiger partial charge < -0.3 is 5.32 Å². The summed E-state index contributed by atoms with van der Waals surface area (Å²) < 4.78 is 2.70. The number of fused-ring (bicyclic) bond motifs is 1. The Morgan fingerprint density at radius 2 is 2.07 bits per heavy atom. The van der Waals surface area contributed by atoms with Gasteiger partial charge in [0.05, 0.1) is 0 Å². The molecule has 1 aliphatic heterocycles. The third kappa shape index (κ3) is 1.23. The summed E-state index contributed by atoms with van der Waals surface area (Å²) in [5.41, 5.74) is 0. The predicted molar refractivity (Wildman–Crippen MR) is 65.1 cm³/mol. The Morgan fingerprint density at radius 3 is 2.71 bits per heavy atom. The maximum atomic E-state index is 3.71. The van der Waals surface area contributed by atoms with E-state index in [0.29, 0.717) is 0 Å². The highest BCUT2D eigenvalue weighted by molar-refractivity contribution is 9.10. The first kappa shape index (κ1) is 8.89. The molecule has 72 valence electrons. The van der Waals surface area contributed by atoms with E-state index in [1.807, 2.05) is 11.3 Å². The summed E-state index contributed by atoms with van der Waals surface area (Å²) in [5.74, 6) is 0.724. The number of thiophene rings is 1. The molecule has 1 N–H and O–H groups in total. The van der Waals surface area contributed by atoms with E-state index < -0.39 is 0 Å². The Bertz CT molecular complexity index is 473. The van der Waals surface area contributed by atoms with Crippen LogP contribution >= 0.6 is 27.3 Å². The predicted octanol–water partition coefficient (Wildman–Crippen LogP) is 3.35. The molecule has 0 aliphatic carbocycles. The molecule has 3 rings (SSSR count). The summed E-state index contributed by atoms with van der Waals surface area (Å²) in [6, 6.07) is 8.59. The first-order valence-corrected chi connectivity index (χ1v) is 6.35. The van der Waals surface area contributed by atoms with Gasteiger partial charge in [0.25, 0.3) is 0 Å². The molecule has 0 radical (unpaired) electrons. The molecule has 1 fully saturated rings. The van der Waals surface area contributed by atoms with Gasteiger partial charge >= 0.3 is 0 Å². The average molecular weight is 268 g/mol. The molecule has 1 saturated heterocycles. The third-order valence-corrected chi connectivity index (χ3v) is 5.16. The summed E-state index contributed by atoms with van der Waals surface area (Å²) in [4.78, 5) is 1.50. The molecule has 3 heteroatoms. The largest absolute Gasteiger partial charge is 0.315 e. The van der Waals surface area contributed by atoms with Crippen molar-refractivity contribution in [3.63, 3.8) is 0 Å². The zero-order valence-corrected chi connectivity index (χ0v) is 9.99. The standard InChI is InChI=1S/C11H10BrNS/c12-10-8-3-1-2-4-9(8)14-11(10)7-5-13-6-7/h1-4,7,13H,5-6H2. The van der Waals surface area contributed by atoms with Crippen molar-refractivity contribution >= 4 is 37.4 Å². The Balaban J connectivity index is 2.19. The van der Waals surface area contributed by atoms with E-state index in [1.54, 1.807) is 0 Å². The van der Waals surface area contributed by atoms with Crippen molar-refractivity contribution in [3.8, 4) is 0 Å². The van der Waals surface area contributed by atoms with Gasteiger partial charge in [0.1, 0.15) is 0 Å². The van der Waals surface area contributed by atoms with Crippen LogP contribution in [0.3, 0.4) is 0 Å². The second-order valence-corrected chi connectivity index (χ2v) is 5.51. The first-order chi connectivity index (χ1) is 6.86. The van der Waals surface area contributed by atoms with Crippen LogP contribution in [0.4, 0.5) is 0 Å². The molecule has 0 atom stereocenters. The van der Waals surface area contributed by atoms with E-state index in [9.17, 15) is 0 Å². The monoisotopic (exact) mass is 267 g/mol. The molecule has 0 unspecified atom stereocenters. The van der Waals surface area contributed by atoms with Gasteiger partial charge in [0.2, 0.25) is 0 Å². The van der Waals surface area contributed by atoms with E-state index in [-0.39, 0.29) is 0 Å². The van der Waals surface area contributed by atoms with Crippen LogP contribution in [0.15, 0.2) is 28.7 Å². The maximum Gasteiger partial charge on any atom is 0.0397 e. The summed E-state index contributed by atoms with van der Waals surface area (Å²) in [7, 11) is 0. The number of nitrogens with one attached hydrogen (secondary N) is 1. The average Bonchev–Trinajstić information content (AvgIpc) is 2.43. The second kappa shape index (κ2) is 3.33. The van der Waals surface area contributed by atoms with Crippen LogP contribution in [0.25, 0.3) is 10.1 Å². The van der Waals surface area contributed by atoms with E-state index in [1.165, 1.54) is 19.4 Å². The highest BCUT2D eigenvalue weighted by Gasteiger charge is 2.24. The molecule has 1 nitrogen and oxygen atoms in total. The van der Waals surface area contributed by atoms with Crippen LogP contribution in [0.2, 0.25) is 0 Å². The highest BCUT2D eigenvalue weighted by atomic mass is 79.9. The lowest BCUT2D eigenvalue weighted by molar-refractivity contribution is 0.453. The Kier molecular flexibility index (Phi) is 2.11.